The number of hydrogen-bond acceptors (Lipinski definition) is 4. The van der Waals surface area contributed by atoms with E-state index in [9.17, 15) is 24.6 Å². The molecule has 1 heterocycles. The van der Waals surface area contributed by atoms with Crippen LogP contribution in [0.5, 0.6) is 0 Å². The number of hydrogen-bond donors (Lipinski definition) is 4. The summed E-state index contributed by atoms with van der Waals surface area (Å²) in [6.45, 7) is 1.56. The van der Waals surface area contributed by atoms with Crippen molar-refractivity contribution in [3.05, 3.63) is 64.2 Å². The van der Waals surface area contributed by atoms with Gasteiger partial charge >= 0.3 is 6.09 Å². The van der Waals surface area contributed by atoms with Gasteiger partial charge in [0.05, 0.1) is 6.54 Å². The summed E-state index contributed by atoms with van der Waals surface area (Å²) in [6.07, 6.45) is -1.02. The fourth-order valence-electron chi connectivity index (χ4n) is 3.58. The van der Waals surface area contributed by atoms with Gasteiger partial charge in [-0.2, -0.15) is 0 Å². The minimum Gasteiger partial charge on any atom is -0.465 e. The molecule has 2 aromatic rings. The summed E-state index contributed by atoms with van der Waals surface area (Å²) in [5, 5.41) is 24.8. The second-order valence-electron chi connectivity index (χ2n) is 7.43. The molecule has 2 aromatic carbocycles. The smallest absolute Gasteiger partial charge is 0.408 e. The Labute approximate surface area is 184 Å². The van der Waals surface area contributed by atoms with Crippen LogP contribution in [0.4, 0.5) is 10.5 Å². The van der Waals surface area contributed by atoms with E-state index in [-0.39, 0.29) is 26.0 Å². The maximum absolute atomic E-state index is 13.0. The summed E-state index contributed by atoms with van der Waals surface area (Å²) < 4.78 is 0. The van der Waals surface area contributed by atoms with Crippen molar-refractivity contribution in [3.63, 3.8) is 0 Å². The minimum absolute atomic E-state index is 0.0134. The SMILES string of the molecule is Cc1cc(NC(=O)C(CCO)NC(=O)C2Cc3ccccc3CN2C(=O)O)ccc1Cl. The molecule has 9 heteroatoms. The second-order valence-corrected chi connectivity index (χ2v) is 7.83. The molecule has 4 N–H and O–H groups in total. The summed E-state index contributed by atoms with van der Waals surface area (Å²) in [6, 6.07) is 10.3. The van der Waals surface area contributed by atoms with Gasteiger partial charge in [-0.25, -0.2) is 4.79 Å². The zero-order valence-corrected chi connectivity index (χ0v) is 17.7. The number of carbonyl (C=O) groups excluding carboxylic acids is 2. The number of aliphatic hydroxyl groups is 1. The lowest BCUT2D eigenvalue weighted by Gasteiger charge is -2.34. The summed E-state index contributed by atoms with van der Waals surface area (Å²) in [7, 11) is 0. The van der Waals surface area contributed by atoms with Crippen LogP contribution in [0.2, 0.25) is 5.02 Å². The van der Waals surface area contributed by atoms with Gasteiger partial charge in [-0.05, 0) is 48.2 Å². The van der Waals surface area contributed by atoms with Gasteiger partial charge < -0.3 is 20.8 Å². The van der Waals surface area contributed by atoms with Crippen molar-refractivity contribution in [2.75, 3.05) is 11.9 Å². The van der Waals surface area contributed by atoms with Crippen molar-refractivity contribution >= 4 is 35.2 Å². The number of aryl methyl sites for hydroxylation is 1. The monoisotopic (exact) mass is 445 g/mol. The lowest BCUT2D eigenvalue weighted by Crippen LogP contribution is -2.56. The maximum Gasteiger partial charge on any atom is 0.408 e. The van der Waals surface area contributed by atoms with Crippen LogP contribution in [-0.4, -0.2) is 51.7 Å². The Hall–Kier alpha value is -3.10. The van der Waals surface area contributed by atoms with E-state index < -0.39 is 30.0 Å². The van der Waals surface area contributed by atoms with Crippen LogP contribution in [0.25, 0.3) is 0 Å². The Morgan fingerprint density at radius 2 is 1.90 bits per heavy atom. The number of nitrogens with zero attached hydrogens (tertiary/aromatic N) is 1. The molecule has 0 spiro atoms. The molecule has 2 unspecified atom stereocenters. The predicted octanol–water partition coefficient (Wildman–Crippen LogP) is 2.56. The predicted molar refractivity (Wildman–Crippen MR) is 116 cm³/mol. The molecular formula is C22H24ClN3O5. The van der Waals surface area contributed by atoms with Crippen LogP contribution in [-0.2, 0) is 22.6 Å². The number of halogens is 1. The summed E-state index contributed by atoms with van der Waals surface area (Å²) in [5.41, 5.74) is 3.01. The van der Waals surface area contributed by atoms with Crippen LogP contribution in [0, 0.1) is 6.92 Å². The van der Waals surface area contributed by atoms with Crippen molar-refractivity contribution in [1.82, 2.24) is 10.2 Å². The van der Waals surface area contributed by atoms with E-state index in [0.29, 0.717) is 10.7 Å². The molecule has 0 bridgehead atoms. The highest BCUT2D eigenvalue weighted by atomic mass is 35.5. The maximum atomic E-state index is 13.0. The first-order valence-corrected chi connectivity index (χ1v) is 10.2. The van der Waals surface area contributed by atoms with Gasteiger partial charge in [0.25, 0.3) is 0 Å². The Balaban J connectivity index is 1.75. The lowest BCUT2D eigenvalue weighted by atomic mass is 9.93. The van der Waals surface area contributed by atoms with E-state index >= 15 is 0 Å². The van der Waals surface area contributed by atoms with Gasteiger partial charge in [0, 0.05) is 23.7 Å². The van der Waals surface area contributed by atoms with Crippen LogP contribution in [0.3, 0.4) is 0 Å². The number of carboxylic acid groups (broad SMARTS) is 1. The average molecular weight is 446 g/mol. The number of fused-ring (bicyclic) bond motifs is 1. The third kappa shape index (κ3) is 5.34. The quantitative estimate of drug-likeness (QED) is 0.545. The van der Waals surface area contributed by atoms with Crippen LogP contribution < -0.4 is 10.6 Å². The van der Waals surface area contributed by atoms with Crippen LogP contribution >= 0.6 is 11.6 Å². The molecule has 3 amide bonds. The minimum atomic E-state index is -1.21. The van der Waals surface area contributed by atoms with E-state index in [1.807, 2.05) is 24.3 Å². The molecule has 0 aromatic heterocycles. The van der Waals surface area contributed by atoms with Gasteiger partial charge in [-0.15, -0.1) is 0 Å². The number of benzene rings is 2. The molecule has 0 fully saturated rings. The molecular weight excluding hydrogens is 422 g/mol. The molecule has 0 saturated heterocycles. The van der Waals surface area contributed by atoms with Crippen molar-refractivity contribution in [1.29, 1.82) is 0 Å². The fraction of sp³-hybridized carbons (Fsp3) is 0.318. The number of carbonyl (C=O) groups is 3. The highest BCUT2D eigenvalue weighted by molar-refractivity contribution is 6.31. The molecule has 8 nitrogen and oxygen atoms in total. The molecule has 0 saturated carbocycles. The number of nitrogens with one attached hydrogen (secondary N) is 2. The van der Waals surface area contributed by atoms with E-state index in [1.165, 1.54) is 0 Å². The van der Waals surface area contributed by atoms with E-state index in [1.54, 1.807) is 25.1 Å². The van der Waals surface area contributed by atoms with E-state index in [4.69, 9.17) is 11.6 Å². The number of amides is 3. The first kappa shape index (κ1) is 22.6. The van der Waals surface area contributed by atoms with Crippen LogP contribution in [0.1, 0.15) is 23.1 Å². The first-order valence-electron chi connectivity index (χ1n) is 9.84. The molecule has 2 atom stereocenters. The summed E-state index contributed by atoms with van der Waals surface area (Å²) >= 11 is 6.00. The highest BCUT2D eigenvalue weighted by Gasteiger charge is 2.36. The molecule has 1 aliphatic rings. The van der Waals surface area contributed by atoms with Gasteiger partial charge in [-0.3, -0.25) is 14.5 Å². The highest BCUT2D eigenvalue weighted by Crippen LogP contribution is 2.24. The van der Waals surface area contributed by atoms with Crippen molar-refractivity contribution in [2.24, 2.45) is 0 Å². The van der Waals surface area contributed by atoms with Crippen LogP contribution in [0.15, 0.2) is 42.5 Å². The average Bonchev–Trinajstić information content (AvgIpc) is 2.74. The van der Waals surface area contributed by atoms with Crippen molar-refractivity contribution in [3.8, 4) is 0 Å². The third-order valence-corrected chi connectivity index (χ3v) is 5.70. The molecule has 1 aliphatic heterocycles. The lowest BCUT2D eigenvalue weighted by molar-refractivity contribution is -0.130. The van der Waals surface area contributed by atoms with Gasteiger partial charge in [0.15, 0.2) is 0 Å². The number of aliphatic hydroxyl groups excluding tert-OH is 1. The zero-order chi connectivity index (χ0) is 22.5. The first-order chi connectivity index (χ1) is 14.8. The Morgan fingerprint density at radius 1 is 1.19 bits per heavy atom. The Bertz CT molecular complexity index is 997. The molecule has 164 valence electrons. The summed E-state index contributed by atoms with van der Waals surface area (Å²) in [5.74, 6) is -1.10. The molecule has 0 radical (unpaired) electrons. The Kier molecular flexibility index (Phi) is 7.14. The van der Waals surface area contributed by atoms with Gasteiger partial charge in [-0.1, -0.05) is 35.9 Å². The third-order valence-electron chi connectivity index (χ3n) is 5.27. The largest absolute Gasteiger partial charge is 0.465 e. The van der Waals surface area contributed by atoms with E-state index in [2.05, 4.69) is 10.6 Å². The standard InChI is InChI=1S/C22H24ClN3O5/c1-13-10-16(6-7-17(13)23)24-20(28)18(8-9-27)25-21(29)19-11-14-4-2-3-5-15(14)12-26(19)22(30)31/h2-7,10,18-19,27H,8-9,11-12H2,1H3,(H,24,28)(H,25,29)(H,30,31). The Morgan fingerprint density at radius 3 is 2.55 bits per heavy atom. The normalized spacial score (nSPS) is 16.2. The van der Waals surface area contributed by atoms with Gasteiger partial charge in [0.2, 0.25) is 11.8 Å². The number of anilines is 1. The van der Waals surface area contributed by atoms with Crippen molar-refractivity contribution < 1.29 is 24.6 Å². The molecule has 0 aliphatic carbocycles. The number of rotatable bonds is 6. The van der Waals surface area contributed by atoms with E-state index in [0.717, 1.165) is 21.6 Å². The topological polar surface area (TPSA) is 119 Å². The van der Waals surface area contributed by atoms with Crippen molar-refractivity contribution in [2.45, 2.75) is 38.4 Å². The summed E-state index contributed by atoms with van der Waals surface area (Å²) in [4.78, 5) is 38.5. The fourth-order valence-corrected chi connectivity index (χ4v) is 3.69. The van der Waals surface area contributed by atoms with Gasteiger partial charge in [0.1, 0.15) is 12.1 Å². The molecule has 3 rings (SSSR count). The zero-order valence-electron chi connectivity index (χ0n) is 17.0. The molecule has 31 heavy (non-hydrogen) atoms. The second kappa shape index (κ2) is 9.80.